The molecule has 3 rings (SSSR count). The minimum atomic E-state index is -0.0844. The summed E-state index contributed by atoms with van der Waals surface area (Å²) in [7, 11) is 0. The minimum Gasteiger partial charge on any atom is -0.359 e. The lowest BCUT2D eigenvalue weighted by molar-refractivity contribution is 0.195. The standard InChI is InChI=1S/C18H23N3O2/c1-12(2)15-11-17(23-20-15)16-5-4-10-21(16)18(22)19-14-8-6-13(3)7-9-14/h6-9,11-12,16H,4-5,10H2,1-3H3,(H,19,22). The fourth-order valence-corrected chi connectivity index (χ4v) is 2.87. The second kappa shape index (κ2) is 6.44. The number of anilines is 1. The van der Waals surface area contributed by atoms with E-state index in [0.717, 1.165) is 36.5 Å². The molecule has 1 saturated heterocycles. The summed E-state index contributed by atoms with van der Waals surface area (Å²) in [4.78, 5) is 14.4. The van der Waals surface area contributed by atoms with Crippen LogP contribution < -0.4 is 5.32 Å². The van der Waals surface area contributed by atoms with Gasteiger partial charge < -0.3 is 14.7 Å². The molecule has 0 radical (unpaired) electrons. The molecule has 1 fully saturated rings. The maximum Gasteiger partial charge on any atom is 0.322 e. The third-order valence-corrected chi connectivity index (χ3v) is 4.28. The van der Waals surface area contributed by atoms with Crippen LogP contribution in [0.15, 0.2) is 34.9 Å². The molecule has 1 aromatic carbocycles. The van der Waals surface area contributed by atoms with E-state index in [1.807, 2.05) is 42.2 Å². The first-order valence-corrected chi connectivity index (χ1v) is 8.15. The molecule has 2 amide bonds. The highest BCUT2D eigenvalue weighted by molar-refractivity contribution is 5.89. The van der Waals surface area contributed by atoms with Gasteiger partial charge in [0.1, 0.15) is 0 Å². The highest BCUT2D eigenvalue weighted by atomic mass is 16.5. The monoisotopic (exact) mass is 313 g/mol. The van der Waals surface area contributed by atoms with Crippen LogP contribution in [0.25, 0.3) is 0 Å². The molecular formula is C18H23N3O2. The zero-order valence-corrected chi connectivity index (χ0v) is 13.9. The quantitative estimate of drug-likeness (QED) is 0.909. The van der Waals surface area contributed by atoms with Gasteiger partial charge in [-0.2, -0.15) is 0 Å². The van der Waals surface area contributed by atoms with Gasteiger partial charge in [0.25, 0.3) is 0 Å². The number of rotatable bonds is 3. The van der Waals surface area contributed by atoms with Crippen LogP contribution in [-0.4, -0.2) is 22.6 Å². The van der Waals surface area contributed by atoms with Crippen molar-refractivity contribution >= 4 is 11.7 Å². The Morgan fingerprint density at radius 1 is 1.35 bits per heavy atom. The van der Waals surface area contributed by atoms with Crippen molar-refractivity contribution in [1.82, 2.24) is 10.1 Å². The molecule has 0 saturated carbocycles. The first kappa shape index (κ1) is 15.6. The topological polar surface area (TPSA) is 58.4 Å². The number of carbonyl (C=O) groups excluding carboxylic acids is 1. The van der Waals surface area contributed by atoms with Crippen LogP contribution in [0.3, 0.4) is 0 Å². The Bertz CT molecular complexity index is 676. The molecule has 2 aromatic rings. The minimum absolute atomic E-state index is 0.0274. The second-order valence-electron chi connectivity index (χ2n) is 6.46. The number of aryl methyl sites for hydroxylation is 1. The molecule has 1 aliphatic rings. The summed E-state index contributed by atoms with van der Waals surface area (Å²) < 4.78 is 5.48. The molecule has 0 aliphatic carbocycles. The SMILES string of the molecule is Cc1ccc(NC(=O)N2CCCC2c2cc(C(C)C)no2)cc1. The number of likely N-dealkylation sites (tertiary alicyclic amines) is 1. The number of benzene rings is 1. The summed E-state index contributed by atoms with van der Waals surface area (Å²) in [5.41, 5.74) is 2.92. The molecule has 1 atom stereocenters. The Balaban J connectivity index is 1.72. The van der Waals surface area contributed by atoms with Gasteiger partial charge in [-0.1, -0.05) is 36.7 Å². The second-order valence-corrected chi connectivity index (χ2v) is 6.46. The lowest BCUT2D eigenvalue weighted by Crippen LogP contribution is -2.34. The predicted octanol–water partition coefficient (Wildman–Crippen LogP) is 4.48. The van der Waals surface area contributed by atoms with E-state index in [-0.39, 0.29) is 12.1 Å². The number of amides is 2. The molecule has 122 valence electrons. The largest absolute Gasteiger partial charge is 0.359 e. The Morgan fingerprint density at radius 3 is 2.74 bits per heavy atom. The molecule has 5 nitrogen and oxygen atoms in total. The average molecular weight is 313 g/mol. The molecule has 0 spiro atoms. The number of nitrogens with one attached hydrogen (secondary N) is 1. The van der Waals surface area contributed by atoms with Crippen molar-refractivity contribution < 1.29 is 9.32 Å². The zero-order chi connectivity index (χ0) is 16.4. The van der Waals surface area contributed by atoms with Crippen LogP contribution in [0.1, 0.15) is 55.7 Å². The van der Waals surface area contributed by atoms with Gasteiger partial charge >= 0.3 is 6.03 Å². The van der Waals surface area contributed by atoms with Gasteiger partial charge in [0.05, 0.1) is 11.7 Å². The number of aromatic nitrogens is 1. The molecule has 5 heteroatoms. The maximum absolute atomic E-state index is 12.6. The Hall–Kier alpha value is -2.30. The number of hydrogen-bond donors (Lipinski definition) is 1. The number of hydrogen-bond acceptors (Lipinski definition) is 3. The molecule has 2 heterocycles. The van der Waals surface area contributed by atoms with E-state index in [0.29, 0.717) is 5.92 Å². The maximum atomic E-state index is 12.6. The Morgan fingerprint density at radius 2 is 2.09 bits per heavy atom. The van der Waals surface area contributed by atoms with Gasteiger partial charge in [-0.05, 0) is 37.8 Å². The first-order chi connectivity index (χ1) is 11.0. The molecule has 1 aromatic heterocycles. The van der Waals surface area contributed by atoms with Crippen molar-refractivity contribution in [3.63, 3.8) is 0 Å². The molecule has 0 bridgehead atoms. The van der Waals surface area contributed by atoms with Crippen molar-refractivity contribution in [3.8, 4) is 0 Å². The van der Waals surface area contributed by atoms with Gasteiger partial charge in [0.15, 0.2) is 5.76 Å². The van der Waals surface area contributed by atoms with E-state index in [2.05, 4.69) is 24.3 Å². The predicted molar refractivity (Wildman–Crippen MR) is 89.5 cm³/mol. The fraction of sp³-hybridized carbons (Fsp3) is 0.444. The highest BCUT2D eigenvalue weighted by Gasteiger charge is 2.33. The molecule has 1 aliphatic heterocycles. The van der Waals surface area contributed by atoms with E-state index < -0.39 is 0 Å². The smallest absolute Gasteiger partial charge is 0.322 e. The summed E-state index contributed by atoms with van der Waals surface area (Å²) in [5, 5.41) is 7.08. The van der Waals surface area contributed by atoms with Crippen LogP contribution in [0.2, 0.25) is 0 Å². The van der Waals surface area contributed by atoms with Crippen LogP contribution in [-0.2, 0) is 0 Å². The molecular weight excluding hydrogens is 290 g/mol. The fourth-order valence-electron chi connectivity index (χ4n) is 2.87. The van der Waals surface area contributed by atoms with E-state index in [1.165, 1.54) is 5.56 Å². The van der Waals surface area contributed by atoms with Gasteiger partial charge in [0.2, 0.25) is 0 Å². The average Bonchev–Trinajstić information content (AvgIpc) is 3.17. The first-order valence-electron chi connectivity index (χ1n) is 8.15. The van der Waals surface area contributed by atoms with Crippen LogP contribution in [0, 0.1) is 6.92 Å². The number of nitrogens with zero attached hydrogens (tertiary/aromatic N) is 2. The third-order valence-electron chi connectivity index (χ3n) is 4.28. The lowest BCUT2D eigenvalue weighted by atomic mass is 10.1. The van der Waals surface area contributed by atoms with E-state index in [4.69, 9.17) is 4.52 Å². The van der Waals surface area contributed by atoms with Crippen molar-refractivity contribution in [2.24, 2.45) is 0 Å². The van der Waals surface area contributed by atoms with Crippen molar-refractivity contribution in [2.45, 2.75) is 45.6 Å². The summed E-state index contributed by atoms with van der Waals surface area (Å²) in [6, 6.07) is 9.68. The third kappa shape index (κ3) is 3.38. The number of urea groups is 1. The van der Waals surface area contributed by atoms with Gasteiger partial charge in [-0.25, -0.2) is 4.79 Å². The van der Waals surface area contributed by atoms with Crippen molar-refractivity contribution in [1.29, 1.82) is 0 Å². The summed E-state index contributed by atoms with van der Waals surface area (Å²) in [6.07, 6.45) is 1.89. The van der Waals surface area contributed by atoms with Crippen molar-refractivity contribution in [3.05, 3.63) is 47.3 Å². The van der Waals surface area contributed by atoms with Crippen molar-refractivity contribution in [2.75, 3.05) is 11.9 Å². The summed E-state index contributed by atoms with van der Waals surface area (Å²) >= 11 is 0. The highest BCUT2D eigenvalue weighted by Crippen LogP contribution is 2.33. The molecule has 1 N–H and O–H groups in total. The summed E-state index contributed by atoms with van der Waals surface area (Å²) in [5.74, 6) is 1.11. The van der Waals surface area contributed by atoms with Crippen LogP contribution in [0.4, 0.5) is 10.5 Å². The Labute approximate surface area is 136 Å². The van der Waals surface area contributed by atoms with E-state index in [1.54, 1.807) is 0 Å². The van der Waals surface area contributed by atoms with E-state index >= 15 is 0 Å². The van der Waals surface area contributed by atoms with Gasteiger partial charge in [-0.3, -0.25) is 0 Å². The van der Waals surface area contributed by atoms with E-state index in [9.17, 15) is 4.79 Å². The lowest BCUT2D eigenvalue weighted by Gasteiger charge is -2.23. The van der Waals surface area contributed by atoms with Crippen LogP contribution in [0.5, 0.6) is 0 Å². The molecule has 23 heavy (non-hydrogen) atoms. The zero-order valence-electron chi connectivity index (χ0n) is 13.9. The van der Waals surface area contributed by atoms with Gasteiger partial charge in [-0.15, -0.1) is 0 Å². The van der Waals surface area contributed by atoms with Crippen LogP contribution >= 0.6 is 0 Å². The molecule has 1 unspecified atom stereocenters. The van der Waals surface area contributed by atoms with Gasteiger partial charge in [0, 0.05) is 18.3 Å². The Kier molecular flexibility index (Phi) is 4.37. The summed E-state index contributed by atoms with van der Waals surface area (Å²) in [6.45, 7) is 6.93. The number of carbonyl (C=O) groups is 1. The normalized spacial score (nSPS) is 17.7.